The molecule has 6 nitrogen and oxygen atoms in total. The number of carbonyl (C=O) groups is 2. The van der Waals surface area contributed by atoms with Crippen molar-refractivity contribution in [1.29, 1.82) is 0 Å². The lowest BCUT2D eigenvalue weighted by Gasteiger charge is -2.19. The van der Waals surface area contributed by atoms with Crippen molar-refractivity contribution in [2.24, 2.45) is 0 Å². The van der Waals surface area contributed by atoms with E-state index >= 15 is 0 Å². The van der Waals surface area contributed by atoms with Crippen molar-refractivity contribution >= 4 is 12.0 Å². The minimum atomic E-state index is -0.848. The lowest BCUT2D eigenvalue weighted by molar-refractivity contribution is -0.137. The highest BCUT2D eigenvalue weighted by Gasteiger charge is 2.31. The van der Waals surface area contributed by atoms with Crippen molar-refractivity contribution in [2.45, 2.75) is 51.2 Å². The second kappa shape index (κ2) is 6.58. The van der Waals surface area contributed by atoms with Crippen LogP contribution in [0.15, 0.2) is 0 Å². The SMILES string of the molecule is CC1(C)CCC(CNC(=O)NCCCC(=O)O)O1. The number of ether oxygens (including phenoxy) is 1. The maximum atomic E-state index is 11.4. The molecule has 18 heavy (non-hydrogen) atoms. The van der Waals surface area contributed by atoms with Crippen molar-refractivity contribution in [1.82, 2.24) is 10.6 Å². The van der Waals surface area contributed by atoms with Crippen LogP contribution in [0.2, 0.25) is 0 Å². The summed E-state index contributed by atoms with van der Waals surface area (Å²) in [6.45, 7) is 4.95. The van der Waals surface area contributed by atoms with Gasteiger partial charge in [-0.2, -0.15) is 0 Å². The molecule has 2 amide bonds. The fourth-order valence-corrected chi connectivity index (χ4v) is 1.93. The van der Waals surface area contributed by atoms with Gasteiger partial charge < -0.3 is 20.5 Å². The molecule has 0 spiro atoms. The fourth-order valence-electron chi connectivity index (χ4n) is 1.93. The summed E-state index contributed by atoms with van der Waals surface area (Å²) in [5, 5.41) is 13.8. The van der Waals surface area contributed by atoms with Crippen LogP contribution in [0.5, 0.6) is 0 Å². The average Bonchev–Trinajstić information content (AvgIpc) is 2.61. The van der Waals surface area contributed by atoms with E-state index in [0.717, 1.165) is 12.8 Å². The number of carbonyl (C=O) groups excluding carboxylic acids is 1. The highest BCUT2D eigenvalue weighted by molar-refractivity contribution is 5.73. The van der Waals surface area contributed by atoms with Gasteiger partial charge in [0.15, 0.2) is 0 Å². The Morgan fingerprint density at radius 2 is 2.11 bits per heavy atom. The quantitative estimate of drug-likeness (QED) is 0.623. The molecule has 1 heterocycles. The average molecular weight is 258 g/mol. The van der Waals surface area contributed by atoms with E-state index in [1.165, 1.54) is 0 Å². The number of urea groups is 1. The summed E-state index contributed by atoms with van der Waals surface area (Å²) < 4.78 is 5.74. The van der Waals surface area contributed by atoms with Gasteiger partial charge in [-0.3, -0.25) is 4.79 Å². The van der Waals surface area contributed by atoms with Gasteiger partial charge in [0.25, 0.3) is 0 Å². The van der Waals surface area contributed by atoms with Gasteiger partial charge in [0.2, 0.25) is 0 Å². The first-order valence-corrected chi connectivity index (χ1v) is 6.30. The highest BCUT2D eigenvalue weighted by Crippen LogP contribution is 2.28. The van der Waals surface area contributed by atoms with Gasteiger partial charge in [0.05, 0.1) is 11.7 Å². The number of aliphatic carboxylic acids is 1. The second-order valence-corrected chi connectivity index (χ2v) is 5.17. The third-order valence-corrected chi connectivity index (χ3v) is 2.90. The third kappa shape index (κ3) is 5.86. The van der Waals surface area contributed by atoms with Crippen LogP contribution >= 0.6 is 0 Å². The molecule has 0 aromatic heterocycles. The maximum absolute atomic E-state index is 11.4. The van der Waals surface area contributed by atoms with Crippen molar-refractivity contribution in [2.75, 3.05) is 13.1 Å². The van der Waals surface area contributed by atoms with Gasteiger partial charge in [-0.05, 0) is 33.1 Å². The molecular formula is C12H22N2O4. The van der Waals surface area contributed by atoms with Gasteiger partial charge in [0, 0.05) is 19.5 Å². The smallest absolute Gasteiger partial charge is 0.314 e. The van der Waals surface area contributed by atoms with E-state index in [4.69, 9.17) is 9.84 Å². The third-order valence-electron chi connectivity index (χ3n) is 2.90. The Kier molecular flexibility index (Phi) is 5.40. The van der Waals surface area contributed by atoms with E-state index in [-0.39, 0.29) is 24.2 Å². The summed E-state index contributed by atoms with van der Waals surface area (Å²) in [4.78, 5) is 21.6. The van der Waals surface area contributed by atoms with Crippen LogP contribution in [0.1, 0.15) is 39.5 Å². The normalized spacial score (nSPS) is 21.6. The summed E-state index contributed by atoms with van der Waals surface area (Å²) in [5.74, 6) is -0.848. The molecule has 0 aliphatic carbocycles. The Labute approximate surface area is 107 Å². The van der Waals surface area contributed by atoms with Crippen molar-refractivity contribution in [3.63, 3.8) is 0 Å². The maximum Gasteiger partial charge on any atom is 0.314 e. The lowest BCUT2D eigenvalue weighted by Crippen LogP contribution is -2.40. The number of nitrogens with one attached hydrogen (secondary N) is 2. The molecule has 0 saturated carbocycles. The van der Waals surface area contributed by atoms with Crippen LogP contribution < -0.4 is 10.6 Å². The molecule has 1 unspecified atom stereocenters. The summed E-state index contributed by atoms with van der Waals surface area (Å²) in [5.41, 5.74) is -0.0929. The molecule has 1 atom stereocenters. The van der Waals surface area contributed by atoms with Crippen LogP contribution in [0.3, 0.4) is 0 Å². The fraction of sp³-hybridized carbons (Fsp3) is 0.833. The number of carboxylic acids is 1. The molecular weight excluding hydrogens is 236 g/mol. The topological polar surface area (TPSA) is 87.7 Å². The first-order valence-electron chi connectivity index (χ1n) is 6.30. The van der Waals surface area contributed by atoms with Gasteiger partial charge in [-0.25, -0.2) is 4.79 Å². The first-order chi connectivity index (χ1) is 8.39. The standard InChI is InChI=1S/C12H22N2O4/c1-12(2)6-5-9(18-12)8-14-11(17)13-7-3-4-10(15)16/h9H,3-8H2,1-2H3,(H,15,16)(H2,13,14,17). The summed E-state index contributed by atoms with van der Waals surface area (Å²) >= 11 is 0. The Hall–Kier alpha value is -1.30. The molecule has 1 saturated heterocycles. The largest absolute Gasteiger partial charge is 0.481 e. The summed E-state index contributed by atoms with van der Waals surface area (Å²) in [6, 6.07) is -0.270. The van der Waals surface area contributed by atoms with Crippen LogP contribution in [-0.4, -0.2) is 41.9 Å². The molecule has 1 rings (SSSR count). The van der Waals surface area contributed by atoms with Gasteiger partial charge in [0.1, 0.15) is 0 Å². The van der Waals surface area contributed by atoms with E-state index in [1.807, 2.05) is 13.8 Å². The van der Waals surface area contributed by atoms with E-state index in [2.05, 4.69) is 10.6 Å². The van der Waals surface area contributed by atoms with E-state index in [9.17, 15) is 9.59 Å². The van der Waals surface area contributed by atoms with E-state index in [0.29, 0.717) is 19.5 Å². The van der Waals surface area contributed by atoms with Gasteiger partial charge >= 0.3 is 12.0 Å². The molecule has 1 aliphatic rings. The van der Waals surface area contributed by atoms with Gasteiger partial charge in [-0.15, -0.1) is 0 Å². The number of amides is 2. The monoisotopic (exact) mass is 258 g/mol. The zero-order valence-electron chi connectivity index (χ0n) is 11.0. The van der Waals surface area contributed by atoms with Gasteiger partial charge in [-0.1, -0.05) is 0 Å². The minimum Gasteiger partial charge on any atom is -0.481 e. The molecule has 0 aromatic carbocycles. The summed E-state index contributed by atoms with van der Waals surface area (Å²) in [7, 11) is 0. The van der Waals surface area contributed by atoms with Crippen LogP contribution in [0.4, 0.5) is 4.79 Å². The minimum absolute atomic E-state index is 0.0696. The molecule has 3 N–H and O–H groups in total. The molecule has 0 bridgehead atoms. The van der Waals surface area contributed by atoms with Crippen LogP contribution in [0.25, 0.3) is 0 Å². The zero-order chi connectivity index (χ0) is 13.6. The number of hydrogen-bond acceptors (Lipinski definition) is 3. The molecule has 1 fully saturated rings. The molecule has 0 radical (unpaired) electrons. The Morgan fingerprint density at radius 3 is 2.67 bits per heavy atom. The van der Waals surface area contributed by atoms with E-state index in [1.54, 1.807) is 0 Å². The number of rotatable bonds is 6. The zero-order valence-corrected chi connectivity index (χ0v) is 11.0. The molecule has 1 aliphatic heterocycles. The predicted molar refractivity (Wildman–Crippen MR) is 66.5 cm³/mol. The van der Waals surface area contributed by atoms with Crippen LogP contribution in [0, 0.1) is 0 Å². The predicted octanol–water partition coefficient (Wildman–Crippen LogP) is 1.11. The lowest BCUT2D eigenvalue weighted by atomic mass is 10.1. The van der Waals surface area contributed by atoms with Crippen molar-refractivity contribution in [3.8, 4) is 0 Å². The Balaban J connectivity index is 2.05. The Bertz CT molecular complexity index is 304. The van der Waals surface area contributed by atoms with Crippen molar-refractivity contribution < 1.29 is 19.4 Å². The van der Waals surface area contributed by atoms with E-state index < -0.39 is 5.97 Å². The Morgan fingerprint density at radius 1 is 1.39 bits per heavy atom. The number of hydrogen-bond donors (Lipinski definition) is 3. The molecule has 104 valence electrons. The first kappa shape index (κ1) is 14.8. The molecule has 0 aromatic rings. The van der Waals surface area contributed by atoms with Crippen molar-refractivity contribution in [3.05, 3.63) is 0 Å². The van der Waals surface area contributed by atoms with Crippen LogP contribution in [-0.2, 0) is 9.53 Å². The highest BCUT2D eigenvalue weighted by atomic mass is 16.5. The molecule has 6 heteroatoms. The summed E-state index contributed by atoms with van der Waals surface area (Å²) in [6.07, 6.45) is 2.53. The number of carboxylic acid groups (broad SMARTS) is 1. The second-order valence-electron chi connectivity index (χ2n) is 5.17.